The van der Waals surface area contributed by atoms with Crippen molar-refractivity contribution in [1.82, 2.24) is 0 Å². The molecular weight excluding hydrogens is 324 g/mol. The first-order chi connectivity index (χ1) is 12.0. The van der Waals surface area contributed by atoms with Crippen LogP contribution >= 0.6 is 0 Å². The monoisotopic (exact) mass is 349 g/mol. The first-order valence-corrected chi connectivity index (χ1v) is 10.00. The Hall–Kier alpha value is -2.19. The molecule has 25 heavy (non-hydrogen) atoms. The van der Waals surface area contributed by atoms with Crippen LogP contribution in [0.15, 0.2) is 94.7 Å². The van der Waals surface area contributed by atoms with Gasteiger partial charge in [-0.25, -0.2) is 0 Å². The molecule has 2 heteroatoms. The van der Waals surface area contributed by atoms with Gasteiger partial charge in [-0.3, -0.25) is 0 Å². The van der Waals surface area contributed by atoms with Gasteiger partial charge in [0.05, 0.1) is 10.9 Å². The van der Waals surface area contributed by atoms with Crippen LogP contribution < -0.4 is 4.74 Å². The summed E-state index contributed by atoms with van der Waals surface area (Å²) in [5, 5.41) is 0. The highest BCUT2D eigenvalue weighted by Gasteiger charge is 2.26. The second-order valence-corrected chi connectivity index (χ2v) is 9.03. The Morgan fingerprint density at radius 1 is 0.680 bits per heavy atom. The van der Waals surface area contributed by atoms with E-state index in [0.717, 1.165) is 11.5 Å². The highest BCUT2D eigenvalue weighted by Crippen LogP contribution is 2.29. The maximum atomic E-state index is 5.96. The van der Waals surface area contributed by atoms with Crippen molar-refractivity contribution in [1.29, 1.82) is 0 Å². The van der Waals surface area contributed by atoms with Gasteiger partial charge >= 0.3 is 0 Å². The molecule has 0 saturated carbocycles. The van der Waals surface area contributed by atoms with Crippen molar-refractivity contribution in [3.8, 4) is 5.75 Å². The quantitative estimate of drug-likeness (QED) is 0.506. The Labute approximate surface area is 154 Å². The van der Waals surface area contributed by atoms with Crippen LogP contribution in [0.25, 0.3) is 0 Å². The van der Waals surface area contributed by atoms with E-state index in [1.807, 2.05) is 0 Å². The molecule has 0 spiro atoms. The SMILES string of the molecule is CC(C)(C)Oc1ccc([S+](Cc2ccccc2)c2ccccc2)cc1. The molecule has 128 valence electrons. The van der Waals surface area contributed by atoms with Gasteiger partial charge in [-0.2, -0.15) is 0 Å². The van der Waals surface area contributed by atoms with Crippen LogP contribution in [-0.2, 0) is 16.6 Å². The van der Waals surface area contributed by atoms with E-state index in [9.17, 15) is 0 Å². The van der Waals surface area contributed by atoms with Gasteiger partial charge in [0.1, 0.15) is 17.1 Å². The summed E-state index contributed by atoms with van der Waals surface area (Å²) in [6.45, 7) is 6.22. The Morgan fingerprint density at radius 2 is 1.20 bits per heavy atom. The molecule has 0 N–H and O–H groups in total. The van der Waals surface area contributed by atoms with Crippen molar-refractivity contribution in [3.63, 3.8) is 0 Å². The van der Waals surface area contributed by atoms with Gasteiger partial charge in [-0.1, -0.05) is 48.5 Å². The van der Waals surface area contributed by atoms with Crippen molar-refractivity contribution < 1.29 is 4.74 Å². The molecule has 0 heterocycles. The van der Waals surface area contributed by atoms with E-state index in [1.165, 1.54) is 15.4 Å². The second kappa shape index (κ2) is 7.79. The summed E-state index contributed by atoms with van der Waals surface area (Å²) < 4.78 is 5.96. The molecule has 3 aromatic rings. The second-order valence-electron chi connectivity index (χ2n) is 7.02. The zero-order valence-electron chi connectivity index (χ0n) is 15.1. The van der Waals surface area contributed by atoms with Gasteiger partial charge in [0.2, 0.25) is 0 Å². The van der Waals surface area contributed by atoms with E-state index >= 15 is 0 Å². The van der Waals surface area contributed by atoms with E-state index in [-0.39, 0.29) is 16.5 Å². The van der Waals surface area contributed by atoms with Crippen LogP contribution in [0.3, 0.4) is 0 Å². The topological polar surface area (TPSA) is 9.23 Å². The maximum Gasteiger partial charge on any atom is 0.161 e. The predicted molar refractivity (Wildman–Crippen MR) is 107 cm³/mol. The van der Waals surface area contributed by atoms with Crippen LogP contribution in [0.1, 0.15) is 26.3 Å². The van der Waals surface area contributed by atoms with Crippen LogP contribution in [0.2, 0.25) is 0 Å². The summed E-state index contributed by atoms with van der Waals surface area (Å²) in [6, 6.07) is 30.1. The third-order valence-electron chi connectivity index (χ3n) is 3.71. The van der Waals surface area contributed by atoms with Crippen molar-refractivity contribution in [3.05, 3.63) is 90.5 Å². The summed E-state index contributed by atoms with van der Waals surface area (Å²) in [6.07, 6.45) is 0. The molecule has 1 atom stereocenters. The molecule has 0 fully saturated rings. The summed E-state index contributed by atoms with van der Waals surface area (Å²) in [4.78, 5) is 2.71. The fraction of sp³-hybridized carbons (Fsp3) is 0.217. The number of hydrogen-bond acceptors (Lipinski definition) is 1. The predicted octanol–water partition coefficient (Wildman–Crippen LogP) is 6.10. The lowest BCUT2D eigenvalue weighted by Crippen LogP contribution is -2.22. The van der Waals surface area contributed by atoms with Gasteiger partial charge in [-0.05, 0) is 57.2 Å². The van der Waals surface area contributed by atoms with Crippen LogP contribution in [0, 0.1) is 0 Å². The zero-order chi connectivity index (χ0) is 17.7. The maximum absolute atomic E-state index is 5.96. The Kier molecular flexibility index (Phi) is 5.50. The number of benzene rings is 3. The summed E-state index contributed by atoms with van der Waals surface area (Å²) in [7, 11) is 0.0108. The van der Waals surface area contributed by atoms with E-state index < -0.39 is 0 Å². The van der Waals surface area contributed by atoms with Crippen LogP contribution in [-0.4, -0.2) is 5.60 Å². The van der Waals surface area contributed by atoms with Crippen molar-refractivity contribution >= 4 is 10.9 Å². The smallest absolute Gasteiger partial charge is 0.161 e. The Balaban J connectivity index is 1.89. The van der Waals surface area contributed by atoms with Gasteiger partial charge in [0.25, 0.3) is 0 Å². The lowest BCUT2D eigenvalue weighted by molar-refractivity contribution is 0.131. The fourth-order valence-electron chi connectivity index (χ4n) is 2.65. The minimum atomic E-state index is -0.174. The molecule has 0 bridgehead atoms. The lowest BCUT2D eigenvalue weighted by Gasteiger charge is -2.21. The molecule has 1 nitrogen and oxygen atoms in total. The molecule has 1 unspecified atom stereocenters. The first-order valence-electron chi connectivity index (χ1n) is 8.60. The molecule has 0 aromatic heterocycles. The lowest BCUT2D eigenvalue weighted by atomic mass is 10.2. The number of rotatable bonds is 5. The molecule has 3 aromatic carbocycles. The Morgan fingerprint density at radius 3 is 1.76 bits per heavy atom. The van der Waals surface area contributed by atoms with Crippen LogP contribution in [0.4, 0.5) is 0 Å². The van der Waals surface area contributed by atoms with Gasteiger partial charge in [0.15, 0.2) is 9.79 Å². The largest absolute Gasteiger partial charge is 0.488 e. The Bertz CT molecular complexity index is 774. The molecule has 0 saturated heterocycles. The third-order valence-corrected chi connectivity index (χ3v) is 6.02. The average molecular weight is 350 g/mol. The zero-order valence-corrected chi connectivity index (χ0v) is 15.9. The summed E-state index contributed by atoms with van der Waals surface area (Å²) in [5.41, 5.74) is 1.19. The minimum Gasteiger partial charge on any atom is -0.488 e. The highest BCUT2D eigenvalue weighted by molar-refractivity contribution is 7.96. The fourth-order valence-corrected chi connectivity index (χ4v) is 4.74. The summed E-state index contributed by atoms with van der Waals surface area (Å²) in [5.74, 6) is 1.94. The molecular formula is C23H25OS+. The van der Waals surface area contributed by atoms with E-state index in [4.69, 9.17) is 4.74 Å². The molecule has 0 amide bonds. The highest BCUT2D eigenvalue weighted by atomic mass is 32.2. The summed E-state index contributed by atoms with van der Waals surface area (Å²) >= 11 is 0. The normalized spacial score (nSPS) is 12.6. The van der Waals surface area contributed by atoms with Crippen LogP contribution in [0.5, 0.6) is 5.75 Å². The van der Waals surface area contributed by atoms with E-state index in [1.54, 1.807) is 0 Å². The molecule has 0 aliphatic carbocycles. The van der Waals surface area contributed by atoms with E-state index in [2.05, 4.69) is 106 Å². The average Bonchev–Trinajstić information content (AvgIpc) is 2.61. The van der Waals surface area contributed by atoms with Crippen molar-refractivity contribution in [2.75, 3.05) is 0 Å². The molecule has 0 aliphatic heterocycles. The van der Waals surface area contributed by atoms with Crippen molar-refractivity contribution in [2.45, 2.75) is 41.9 Å². The molecule has 3 rings (SSSR count). The van der Waals surface area contributed by atoms with Gasteiger partial charge in [-0.15, -0.1) is 0 Å². The van der Waals surface area contributed by atoms with E-state index in [0.29, 0.717) is 0 Å². The number of ether oxygens (including phenoxy) is 1. The standard InChI is InChI=1S/C23H25OS/c1-23(2,3)24-20-14-16-22(17-15-20)25(21-12-8-5-9-13-21)18-19-10-6-4-7-11-19/h4-17H,18H2,1-3H3/q+1. The van der Waals surface area contributed by atoms with Crippen molar-refractivity contribution in [2.24, 2.45) is 0 Å². The van der Waals surface area contributed by atoms with Gasteiger partial charge in [0, 0.05) is 5.56 Å². The third kappa shape index (κ3) is 5.14. The molecule has 0 radical (unpaired) electrons. The minimum absolute atomic E-state index is 0.0108. The molecule has 0 aliphatic rings. The number of hydrogen-bond donors (Lipinski definition) is 0. The first kappa shape index (κ1) is 17.6. The van der Waals surface area contributed by atoms with Gasteiger partial charge < -0.3 is 4.74 Å².